The largest absolute Gasteiger partial charge is 0.452 e. The molecule has 1 aliphatic rings. The number of benzene rings is 1. The quantitative estimate of drug-likeness (QED) is 0.613. The van der Waals surface area contributed by atoms with E-state index in [1.165, 1.54) is 11.2 Å². The Bertz CT molecular complexity index is 358. The van der Waals surface area contributed by atoms with Crippen molar-refractivity contribution in [3.8, 4) is 0 Å². The van der Waals surface area contributed by atoms with Crippen LogP contribution in [-0.4, -0.2) is 16.6 Å². The lowest BCUT2D eigenvalue weighted by molar-refractivity contribution is 0.547. The maximum Gasteiger partial charge on any atom is 0.206 e. The minimum absolute atomic E-state index is 1.18. The molecule has 0 spiro atoms. The van der Waals surface area contributed by atoms with Gasteiger partial charge in [0.1, 0.15) is 0 Å². The van der Waals surface area contributed by atoms with Gasteiger partial charge in [0.2, 0.25) is 8.32 Å². The summed E-state index contributed by atoms with van der Waals surface area (Å²) in [6.07, 6.45) is 0. The molecule has 0 unspecified atom stereocenters. The van der Waals surface area contributed by atoms with E-state index in [4.69, 9.17) is 4.12 Å². The maximum atomic E-state index is 6.37. The second-order valence-electron chi connectivity index (χ2n) is 5.21. The Morgan fingerprint density at radius 3 is 2.43 bits per heavy atom. The van der Waals surface area contributed by atoms with Gasteiger partial charge in [-0.2, -0.15) is 0 Å². The van der Waals surface area contributed by atoms with E-state index in [1.54, 1.807) is 5.56 Å². The fourth-order valence-electron chi connectivity index (χ4n) is 2.50. The highest BCUT2D eigenvalue weighted by molar-refractivity contribution is 6.94. The summed E-state index contributed by atoms with van der Waals surface area (Å²) in [5, 5.41) is 1.51. The monoisotopic (exact) mass is 222 g/mol. The van der Waals surface area contributed by atoms with Crippen molar-refractivity contribution >= 4 is 21.8 Å². The zero-order valence-corrected chi connectivity index (χ0v) is 11.4. The van der Waals surface area contributed by atoms with Crippen molar-refractivity contribution in [2.24, 2.45) is 0 Å². The number of fused-ring (bicyclic) bond motifs is 1. The first-order valence-electron chi connectivity index (χ1n) is 5.19. The third kappa shape index (κ3) is 1.72. The molecule has 1 aromatic carbocycles. The third-order valence-electron chi connectivity index (χ3n) is 2.81. The summed E-state index contributed by atoms with van der Waals surface area (Å²) >= 11 is 0. The van der Waals surface area contributed by atoms with Crippen molar-refractivity contribution in [3.05, 3.63) is 29.8 Å². The molecular formula is C11H18OSi2. The minimum Gasteiger partial charge on any atom is -0.452 e. The maximum absolute atomic E-state index is 6.37. The Labute approximate surface area is 88.4 Å². The molecule has 0 aliphatic carbocycles. The molecule has 0 saturated carbocycles. The second kappa shape index (κ2) is 3.05. The summed E-state index contributed by atoms with van der Waals surface area (Å²) in [7, 11) is -3.00. The van der Waals surface area contributed by atoms with E-state index < -0.39 is 16.6 Å². The summed E-state index contributed by atoms with van der Waals surface area (Å²) < 4.78 is 6.37. The van der Waals surface area contributed by atoms with Gasteiger partial charge in [0.25, 0.3) is 0 Å². The van der Waals surface area contributed by atoms with Crippen LogP contribution in [0.4, 0.5) is 0 Å². The average Bonchev–Trinajstić information content (AvgIpc) is 2.00. The summed E-state index contributed by atoms with van der Waals surface area (Å²) in [5.41, 5.74) is 1.55. The Morgan fingerprint density at radius 2 is 1.71 bits per heavy atom. The predicted molar refractivity (Wildman–Crippen MR) is 65.8 cm³/mol. The first kappa shape index (κ1) is 10.1. The van der Waals surface area contributed by atoms with Crippen molar-refractivity contribution in [1.29, 1.82) is 0 Å². The van der Waals surface area contributed by atoms with E-state index >= 15 is 0 Å². The van der Waals surface area contributed by atoms with Crippen molar-refractivity contribution in [3.63, 3.8) is 0 Å². The lowest BCUT2D eigenvalue weighted by atomic mass is 10.2. The van der Waals surface area contributed by atoms with Crippen LogP contribution in [0.3, 0.4) is 0 Å². The zero-order valence-electron chi connectivity index (χ0n) is 9.42. The van der Waals surface area contributed by atoms with Crippen LogP contribution in [0.1, 0.15) is 5.56 Å². The standard InChI is InChI=1S/C11H18OSi2/c1-13(2)9-10-7-5-6-8-11(10)14(3,4)12-13/h5-8H,9H2,1-4H3. The van der Waals surface area contributed by atoms with Gasteiger partial charge in [-0.05, 0) is 43.0 Å². The van der Waals surface area contributed by atoms with Crippen molar-refractivity contribution in [2.45, 2.75) is 32.2 Å². The molecule has 0 bridgehead atoms. The van der Waals surface area contributed by atoms with Crippen molar-refractivity contribution in [1.82, 2.24) is 0 Å². The molecular weight excluding hydrogens is 204 g/mol. The fraction of sp³-hybridized carbons (Fsp3) is 0.455. The fourth-order valence-corrected chi connectivity index (χ4v) is 11.6. The third-order valence-corrected chi connectivity index (χ3v) is 10.1. The van der Waals surface area contributed by atoms with Crippen LogP contribution in [0, 0.1) is 0 Å². The highest BCUT2D eigenvalue weighted by Gasteiger charge is 2.40. The van der Waals surface area contributed by atoms with Gasteiger partial charge >= 0.3 is 0 Å². The molecule has 0 aromatic heterocycles. The molecule has 1 aliphatic heterocycles. The number of rotatable bonds is 0. The van der Waals surface area contributed by atoms with Gasteiger partial charge in [-0.25, -0.2) is 0 Å². The summed E-state index contributed by atoms with van der Waals surface area (Å²) in [5.74, 6) is 0. The van der Waals surface area contributed by atoms with E-state index in [9.17, 15) is 0 Å². The summed E-state index contributed by atoms with van der Waals surface area (Å²) in [6.45, 7) is 9.30. The Balaban J connectivity index is 2.52. The Kier molecular flexibility index (Phi) is 2.21. The minimum atomic E-state index is -1.58. The van der Waals surface area contributed by atoms with Crippen LogP contribution in [-0.2, 0) is 10.2 Å². The predicted octanol–water partition coefficient (Wildman–Crippen LogP) is 2.42. The van der Waals surface area contributed by atoms with Crippen LogP contribution in [0.2, 0.25) is 26.2 Å². The topological polar surface area (TPSA) is 9.23 Å². The van der Waals surface area contributed by atoms with Gasteiger partial charge in [-0.1, -0.05) is 24.3 Å². The average molecular weight is 222 g/mol. The molecule has 2 rings (SSSR count). The summed E-state index contributed by atoms with van der Waals surface area (Å²) in [4.78, 5) is 0. The highest BCUT2D eigenvalue weighted by Crippen LogP contribution is 2.24. The SMILES string of the molecule is C[Si]1(C)Cc2ccccc2[Si](C)(C)O1. The Hall–Kier alpha value is -0.386. The van der Waals surface area contributed by atoms with E-state index in [0.717, 1.165) is 0 Å². The van der Waals surface area contributed by atoms with Gasteiger partial charge in [0.05, 0.1) is 0 Å². The smallest absolute Gasteiger partial charge is 0.206 e. The molecule has 0 N–H and O–H groups in total. The molecule has 0 atom stereocenters. The lowest BCUT2D eigenvalue weighted by Gasteiger charge is -2.40. The number of hydrogen-bond donors (Lipinski definition) is 0. The van der Waals surface area contributed by atoms with Crippen LogP contribution >= 0.6 is 0 Å². The first-order valence-corrected chi connectivity index (χ1v) is 11.2. The molecule has 3 heteroatoms. The van der Waals surface area contributed by atoms with Crippen LogP contribution < -0.4 is 5.19 Å². The van der Waals surface area contributed by atoms with Gasteiger partial charge in [0.15, 0.2) is 8.32 Å². The van der Waals surface area contributed by atoms with Crippen molar-refractivity contribution < 1.29 is 4.12 Å². The normalized spacial score (nSPS) is 22.9. The second-order valence-corrected chi connectivity index (χ2v) is 13.5. The molecule has 0 fully saturated rings. The molecule has 1 nitrogen and oxygen atoms in total. The van der Waals surface area contributed by atoms with Crippen LogP contribution in [0.25, 0.3) is 0 Å². The van der Waals surface area contributed by atoms with E-state index in [-0.39, 0.29) is 0 Å². The molecule has 0 radical (unpaired) electrons. The molecule has 0 saturated heterocycles. The van der Waals surface area contributed by atoms with E-state index in [0.29, 0.717) is 0 Å². The van der Waals surface area contributed by atoms with Gasteiger partial charge in [-0.15, -0.1) is 0 Å². The van der Waals surface area contributed by atoms with E-state index in [1.807, 2.05) is 0 Å². The Morgan fingerprint density at radius 1 is 1.07 bits per heavy atom. The zero-order chi connectivity index (χ0) is 10.4. The van der Waals surface area contributed by atoms with Gasteiger partial charge < -0.3 is 4.12 Å². The summed E-state index contributed by atoms with van der Waals surface area (Å²) in [6, 6.07) is 10.0. The van der Waals surface area contributed by atoms with Crippen LogP contribution in [0.15, 0.2) is 24.3 Å². The molecule has 1 heterocycles. The van der Waals surface area contributed by atoms with Crippen molar-refractivity contribution in [2.75, 3.05) is 0 Å². The number of hydrogen-bond acceptors (Lipinski definition) is 1. The lowest BCUT2D eigenvalue weighted by Crippen LogP contribution is -2.59. The highest BCUT2D eigenvalue weighted by atomic mass is 28.4. The molecule has 14 heavy (non-hydrogen) atoms. The molecule has 1 aromatic rings. The van der Waals surface area contributed by atoms with Gasteiger partial charge in [0, 0.05) is 0 Å². The van der Waals surface area contributed by atoms with E-state index in [2.05, 4.69) is 50.5 Å². The van der Waals surface area contributed by atoms with Gasteiger partial charge in [-0.3, -0.25) is 0 Å². The molecule has 0 amide bonds. The van der Waals surface area contributed by atoms with Crippen LogP contribution in [0.5, 0.6) is 0 Å². The molecule has 76 valence electrons. The first-order chi connectivity index (χ1) is 6.41.